The van der Waals surface area contributed by atoms with E-state index >= 15 is 0 Å². The van der Waals surface area contributed by atoms with Gasteiger partial charge in [-0.25, -0.2) is 13.1 Å². The van der Waals surface area contributed by atoms with Crippen LogP contribution >= 0.6 is 0 Å². The van der Waals surface area contributed by atoms with Crippen LogP contribution in [0.15, 0.2) is 24.3 Å². The Morgan fingerprint density at radius 2 is 2.00 bits per heavy atom. The average Bonchev–Trinajstić information content (AvgIpc) is 2.38. The molecule has 0 fully saturated rings. The molecule has 1 atom stereocenters. The molecule has 20 heavy (non-hydrogen) atoms. The van der Waals surface area contributed by atoms with E-state index in [0.717, 1.165) is 0 Å². The fraction of sp³-hybridized carbons (Fsp3) is 0.500. The Balaban J connectivity index is 2.64. The Morgan fingerprint density at radius 1 is 1.35 bits per heavy atom. The maximum atomic E-state index is 11.5. The quantitative estimate of drug-likeness (QED) is 0.554. The van der Waals surface area contributed by atoms with Gasteiger partial charge in [-0.3, -0.25) is 10.1 Å². The number of nitrogens with one attached hydrogen (secondary N) is 2. The van der Waals surface area contributed by atoms with E-state index in [9.17, 15) is 18.5 Å². The second-order valence-corrected chi connectivity index (χ2v) is 6.23. The van der Waals surface area contributed by atoms with Crippen LogP contribution in [0.4, 0.5) is 5.69 Å². The summed E-state index contributed by atoms with van der Waals surface area (Å²) < 4.78 is 25.3. The zero-order valence-corrected chi connectivity index (χ0v) is 12.3. The topological polar surface area (TPSA) is 101 Å². The van der Waals surface area contributed by atoms with Crippen molar-refractivity contribution in [3.63, 3.8) is 0 Å². The van der Waals surface area contributed by atoms with Gasteiger partial charge in [0.1, 0.15) is 0 Å². The molecule has 2 N–H and O–H groups in total. The van der Waals surface area contributed by atoms with Crippen molar-refractivity contribution in [1.29, 1.82) is 0 Å². The van der Waals surface area contributed by atoms with Crippen LogP contribution in [0.3, 0.4) is 0 Å². The average molecular weight is 301 g/mol. The van der Waals surface area contributed by atoms with E-state index in [-0.39, 0.29) is 24.0 Å². The van der Waals surface area contributed by atoms with Crippen LogP contribution in [0, 0.1) is 10.1 Å². The molecular weight excluding hydrogens is 282 g/mol. The molecule has 112 valence electrons. The van der Waals surface area contributed by atoms with Gasteiger partial charge >= 0.3 is 0 Å². The van der Waals surface area contributed by atoms with Crippen LogP contribution in [0.1, 0.15) is 25.5 Å². The highest BCUT2D eigenvalue weighted by Crippen LogP contribution is 2.24. The molecule has 7 nitrogen and oxygen atoms in total. The number of benzene rings is 1. The van der Waals surface area contributed by atoms with Gasteiger partial charge < -0.3 is 5.32 Å². The summed E-state index contributed by atoms with van der Waals surface area (Å²) in [6, 6.07) is 6.12. The number of rotatable bonds is 8. The first-order valence-corrected chi connectivity index (χ1v) is 7.96. The fourth-order valence-electron chi connectivity index (χ4n) is 1.83. The van der Waals surface area contributed by atoms with Gasteiger partial charge in [0.2, 0.25) is 10.0 Å². The molecule has 1 aromatic rings. The maximum absolute atomic E-state index is 11.5. The summed E-state index contributed by atoms with van der Waals surface area (Å²) in [5.74, 6) is -0.0637. The lowest BCUT2D eigenvalue weighted by Gasteiger charge is -2.14. The van der Waals surface area contributed by atoms with E-state index in [1.54, 1.807) is 32.0 Å². The second kappa shape index (κ2) is 7.32. The first-order chi connectivity index (χ1) is 9.37. The largest absolute Gasteiger partial charge is 0.309 e. The van der Waals surface area contributed by atoms with Crippen LogP contribution in [-0.4, -0.2) is 32.2 Å². The number of hydrogen-bond acceptors (Lipinski definition) is 5. The molecule has 1 unspecified atom stereocenters. The highest BCUT2D eigenvalue weighted by atomic mass is 32.2. The zero-order chi connectivity index (χ0) is 15.2. The number of nitro groups is 1. The molecule has 8 heteroatoms. The summed E-state index contributed by atoms with van der Waals surface area (Å²) in [6.07, 6.45) is 0. The third-order valence-corrected chi connectivity index (χ3v) is 4.26. The Morgan fingerprint density at radius 3 is 2.60 bits per heavy atom. The third kappa shape index (κ3) is 4.87. The van der Waals surface area contributed by atoms with Gasteiger partial charge in [0.05, 0.1) is 10.7 Å². The van der Waals surface area contributed by atoms with Gasteiger partial charge in [0.15, 0.2) is 0 Å². The van der Waals surface area contributed by atoms with Crippen LogP contribution in [0.25, 0.3) is 0 Å². The molecule has 0 spiro atoms. The minimum atomic E-state index is -3.28. The van der Waals surface area contributed by atoms with Gasteiger partial charge in [0, 0.05) is 30.8 Å². The predicted molar refractivity (Wildman–Crippen MR) is 77.0 cm³/mol. The van der Waals surface area contributed by atoms with Crippen LogP contribution in [0.2, 0.25) is 0 Å². The Bertz CT molecular complexity index is 560. The molecule has 0 aliphatic carbocycles. The van der Waals surface area contributed by atoms with Crippen molar-refractivity contribution in [3.05, 3.63) is 39.9 Å². The van der Waals surface area contributed by atoms with Crippen LogP contribution in [-0.2, 0) is 10.0 Å². The summed E-state index contributed by atoms with van der Waals surface area (Å²) in [6.45, 7) is 4.05. The number of nitro benzene ring substituents is 1. The van der Waals surface area contributed by atoms with Crippen LogP contribution in [0.5, 0.6) is 0 Å². The predicted octanol–water partition coefficient (Wildman–Crippen LogP) is 1.18. The van der Waals surface area contributed by atoms with E-state index in [4.69, 9.17) is 0 Å². The number of sulfonamides is 1. The van der Waals surface area contributed by atoms with E-state index in [1.165, 1.54) is 6.07 Å². The molecule has 0 amide bonds. The zero-order valence-electron chi connectivity index (χ0n) is 11.5. The van der Waals surface area contributed by atoms with E-state index < -0.39 is 14.9 Å². The summed E-state index contributed by atoms with van der Waals surface area (Å²) >= 11 is 0. The Labute approximate surface area is 118 Å². The lowest BCUT2D eigenvalue weighted by molar-refractivity contribution is -0.385. The second-order valence-electron chi connectivity index (χ2n) is 4.31. The lowest BCUT2D eigenvalue weighted by atomic mass is 10.1. The SMILES string of the molecule is CCNS(=O)(=O)CCNC(C)c1ccccc1[N+](=O)[O-]. The smallest absolute Gasteiger partial charge is 0.274 e. The molecule has 0 heterocycles. The van der Waals surface area contributed by atoms with Gasteiger partial charge in [-0.15, -0.1) is 0 Å². The van der Waals surface area contributed by atoms with Crippen molar-refractivity contribution < 1.29 is 13.3 Å². The van der Waals surface area contributed by atoms with Crippen molar-refractivity contribution in [3.8, 4) is 0 Å². The Kier molecular flexibility index (Phi) is 6.05. The van der Waals surface area contributed by atoms with Crippen molar-refractivity contribution in [2.45, 2.75) is 19.9 Å². The maximum Gasteiger partial charge on any atom is 0.274 e. The van der Waals surface area contributed by atoms with Crippen molar-refractivity contribution >= 4 is 15.7 Å². The lowest BCUT2D eigenvalue weighted by Crippen LogP contribution is -2.32. The van der Waals surface area contributed by atoms with E-state index in [0.29, 0.717) is 12.1 Å². The summed E-state index contributed by atoms with van der Waals surface area (Å²) in [5, 5.41) is 13.9. The molecule has 0 saturated heterocycles. The normalized spacial score (nSPS) is 13.1. The first kappa shape index (κ1) is 16.5. The van der Waals surface area contributed by atoms with Crippen molar-refractivity contribution in [1.82, 2.24) is 10.0 Å². The fourth-order valence-corrected chi connectivity index (χ4v) is 2.80. The molecule has 1 aromatic carbocycles. The minimum Gasteiger partial charge on any atom is -0.309 e. The van der Waals surface area contributed by atoms with Gasteiger partial charge in [-0.1, -0.05) is 25.1 Å². The number of hydrogen-bond donors (Lipinski definition) is 2. The molecule has 0 radical (unpaired) electrons. The van der Waals surface area contributed by atoms with Gasteiger partial charge in [-0.2, -0.15) is 0 Å². The summed E-state index contributed by atoms with van der Waals surface area (Å²) in [5.41, 5.74) is 0.570. The molecule has 0 saturated carbocycles. The molecule has 0 aliphatic heterocycles. The van der Waals surface area contributed by atoms with E-state index in [2.05, 4.69) is 10.0 Å². The number of nitrogens with zero attached hydrogens (tertiary/aromatic N) is 1. The standard InChI is InChI=1S/C12H19N3O4S/c1-3-14-20(18,19)9-8-13-10(2)11-6-4-5-7-12(11)15(16)17/h4-7,10,13-14H,3,8-9H2,1-2H3. The van der Waals surface area contributed by atoms with Crippen LogP contribution < -0.4 is 10.0 Å². The van der Waals surface area contributed by atoms with Gasteiger partial charge in [0.25, 0.3) is 5.69 Å². The van der Waals surface area contributed by atoms with Gasteiger partial charge in [-0.05, 0) is 6.92 Å². The minimum absolute atomic E-state index is 0.0297. The van der Waals surface area contributed by atoms with Crippen molar-refractivity contribution in [2.24, 2.45) is 0 Å². The molecule has 1 rings (SSSR count). The molecule has 0 aromatic heterocycles. The highest BCUT2D eigenvalue weighted by Gasteiger charge is 2.18. The highest BCUT2D eigenvalue weighted by molar-refractivity contribution is 7.89. The van der Waals surface area contributed by atoms with Crippen molar-refractivity contribution in [2.75, 3.05) is 18.8 Å². The third-order valence-electron chi connectivity index (χ3n) is 2.79. The number of para-hydroxylation sites is 1. The summed E-state index contributed by atoms with van der Waals surface area (Å²) in [4.78, 5) is 10.5. The summed E-state index contributed by atoms with van der Waals surface area (Å²) in [7, 11) is -3.28. The molecule has 0 bridgehead atoms. The first-order valence-electron chi connectivity index (χ1n) is 6.31. The van der Waals surface area contributed by atoms with E-state index in [1.807, 2.05) is 0 Å². The monoisotopic (exact) mass is 301 g/mol. The molecular formula is C12H19N3O4S. The molecule has 0 aliphatic rings. The Hall–Kier alpha value is -1.51.